The molecular weight excluding hydrogens is 287 g/mol. The summed E-state index contributed by atoms with van der Waals surface area (Å²) in [5, 5.41) is 14.5. The molecule has 20 heavy (non-hydrogen) atoms. The molecule has 1 aromatic carbocycles. The van der Waals surface area contributed by atoms with Gasteiger partial charge in [0.25, 0.3) is 0 Å². The molecule has 2 unspecified atom stereocenters. The van der Waals surface area contributed by atoms with Gasteiger partial charge in [0.1, 0.15) is 5.82 Å². The Morgan fingerprint density at radius 3 is 2.45 bits per heavy atom. The second-order valence-corrected chi connectivity index (χ2v) is 5.81. The van der Waals surface area contributed by atoms with E-state index in [9.17, 15) is 17.9 Å². The first-order valence-corrected chi connectivity index (χ1v) is 7.23. The lowest BCUT2D eigenvalue weighted by molar-refractivity contribution is 0.156. The van der Waals surface area contributed by atoms with Crippen molar-refractivity contribution in [2.24, 2.45) is 5.14 Å². The molecule has 6 nitrogen and oxygen atoms in total. The molecule has 0 radical (unpaired) electrons. The summed E-state index contributed by atoms with van der Waals surface area (Å²) < 4.78 is 42.6. The van der Waals surface area contributed by atoms with Gasteiger partial charge in [-0.15, -0.1) is 0 Å². The van der Waals surface area contributed by atoms with Gasteiger partial charge in [0, 0.05) is 17.3 Å². The zero-order valence-corrected chi connectivity index (χ0v) is 10.9. The van der Waals surface area contributed by atoms with Gasteiger partial charge in [-0.05, 0) is 12.1 Å². The van der Waals surface area contributed by atoms with Crippen LogP contribution in [0.4, 0.5) is 4.39 Å². The van der Waals surface area contributed by atoms with Crippen LogP contribution >= 0.6 is 0 Å². The van der Waals surface area contributed by atoms with Crippen LogP contribution in [0.1, 0.15) is 11.8 Å². The molecule has 8 heteroatoms. The molecule has 2 atom stereocenters. The van der Waals surface area contributed by atoms with Gasteiger partial charge in [0.2, 0.25) is 0 Å². The number of benzene rings is 1. The number of aliphatic hydroxyl groups excluding tert-OH is 1. The molecule has 1 aliphatic rings. The lowest BCUT2D eigenvalue weighted by Gasteiger charge is -2.08. The topological polar surface area (TPSA) is 97.9 Å². The minimum atomic E-state index is -4.06. The predicted octanol–water partition coefficient (Wildman–Crippen LogP) is 0.736. The number of nitrogens with zero attached hydrogens (tertiary/aromatic N) is 1. The van der Waals surface area contributed by atoms with Gasteiger partial charge in [-0.3, -0.25) is 0 Å². The maximum Gasteiger partial charge on any atom is 0.302 e. The van der Waals surface area contributed by atoms with Crippen molar-refractivity contribution >= 4 is 10.2 Å². The third-order valence-electron chi connectivity index (χ3n) is 3.07. The minimum Gasteiger partial charge on any atom is -0.365 e. The first-order chi connectivity index (χ1) is 9.39. The van der Waals surface area contributed by atoms with Gasteiger partial charge in [-0.1, -0.05) is 18.2 Å². The van der Waals surface area contributed by atoms with Gasteiger partial charge in [0.05, 0.1) is 5.69 Å². The molecule has 0 bridgehead atoms. The van der Waals surface area contributed by atoms with Crippen LogP contribution in [-0.4, -0.2) is 23.8 Å². The maximum atomic E-state index is 13.8. The number of nitrogens with two attached hydrogens (primary N) is 1. The van der Waals surface area contributed by atoms with E-state index in [0.29, 0.717) is 5.56 Å². The Balaban J connectivity index is 2.23. The summed E-state index contributed by atoms with van der Waals surface area (Å²) in [6.07, 6.45) is -0.741. The Kier molecular flexibility index (Phi) is 2.91. The van der Waals surface area contributed by atoms with Crippen molar-refractivity contribution in [3.8, 4) is 11.1 Å². The monoisotopic (exact) mass is 298 g/mol. The van der Waals surface area contributed by atoms with Crippen molar-refractivity contribution in [3.63, 3.8) is 0 Å². The van der Waals surface area contributed by atoms with E-state index in [1.54, 1.807) is 6.07 Å². The number of aliphatic hydroxyl groups is 1. The molecule has 3 N–H and O–H groups in total. The Morgan fingerprint density at radius 2 is 1.90 bits per heavy atom. The van der Waals surface area contributed by atoms with Crippen LogP contribution in [0, 0.1) is 5.82 Å². The Labute approximate surface area is 114 Å². The van der Waals surface area contributed by atoms with Crippen molar-refractivity contribution in [3.05, 3.63) is 48.0 Å². The van der Waals surface area contributed by atoms with Gasteiger partial charge in [0.15, 0.2) is 12.4 Å². The van der Waals surface area contributed by atoms with Gasteiger partial charge < -0.3 is 9.84 Å². The third-order valence-corrected chi connectivity index (χ3v) is 3.93. The van der Waals surface area contributed by atoms with E-state index >= 15 is 0 Å². The smallest absolute Gasteiger partial charge is 0.302 e. The molecule has 2 aromatic rings. The number of aromatic nitrogens is 1. The molecular formula is C12H11FN2O4S. The molecule has 1 aromatic heterocycles. The van der Waals surface area contributed by atoms with Gasteiger partial charge in [-0.25, -0.2) is 13.5 Å². The fraction of sp³-hybridized carbons (Fsp3) is 0.167. The summed E-state index contributed by atoms with van der Waals surface area (Å²) >= 11 is 0. The molecule has 106 valence electrons. The number of epoxide rings is 1. The van der Waals surface area contributed by atoms with E-state index in [4.69, 9.17) is 9.88 Å². The van der Waals surface area contributed by atoms with Crippen molar-refractivity contribution in [1.82, 2.24) is 3.97 Å². The van der Waals surface area contributed by atoms with Crippen molar-refractivity contribution in [2.75, 3.05) is 0 Å². The number of halogens is 1. The molecule has 2 heterocycles. The first-order valence-electron chi connectivity index (χ1n) is 5.72. The zero-order chi connectivity index (χ0) is 14.5. The van der Waals surface area contributed by atoms with Crippen LogP contribution in [0.25, 0.3) is 11.1 Å². The third kappa shape index (κ3) is 2.12. The Hall–Kier alpha value is -1.74. The summed E-state index contributed by atoms with van der Waals surface area (Å²) in [7, 11) is -4.06. The largest absolute Gasteiger partial charge is 0.365 e. The van der Waals surface area contributed by atoms with Crippen LogP contribution in [0.2, 0.25) is 0 Å². The van der Waals surface area contributed by atoms with E-state index < -0.39 is 28.4 Å². The standard InChI is InChI=1S/C12H11FN2O4S/c13-9-4-2-1-3-7(9)8-5-6-15(20(14,17)18)10(8)11-12(16)19-11/h1-6,11-12,16H,(H2,14,17,18). The molecule has 1 aliphatic heterocycles. The number of hydrogen-bond donors (Lipinski definition) is 2. The fourth-order valence-corrected chi connectivity index (χ4v) is 2.85. The van der Waals surface area contributed by atoms with E-state index in [1.165, 1.54) is 30.5 Å². The fourth-order valence-electron chi connectivity index (χ4n) is 2.14. The van der Waals surface area contributed by atoms with E-state index in [0.717, 1.165) is 3.97 Å². The van der Waals surface area contributed by atoms with Crippen LogP contribution in [-0.2, 0) is 14.9 Å². The predicted molar refractivity (Wildman–Crippen MR) is 68.2 cm³/mol. The normalized spacial score (nSPS) is 21.9. The summed E-state index contributed by atoms with van der Waals surface area (Å²) in [5.41, 5.74) is 0.649. The number of rotatable bonds is 3. The molecule has 1 fully saturated rings. The average molecular weight is 298 g/mol. The Morgan fingerprint density at radius 1 is 1.25 bits per heavy atom. The van der Waals surface area contributed by atoms with Gasteiger partial charge in [-0.2, -0.15) is 8.42 Å². The lowest BCUT2D eigenvalue weighted by Crippen LogP contribution is -2.23. The molecule has 0 amide bonds. The van der Waals surface area contributed by atoms with E-state index in [-0.39, 0.29) is 11.3 Å². The second-order valence-electron chi connectivity index (χ2n) is 4.38. The highest BCUT2D eigenvalue weighted by Gasteiger charge is 2.44. The minimum absolute atomic E-state index is 0.116. The summed E-state index contributed by atoms with van der Waals surface area (Å²) in [6, 6.07) is 7.35. The van der Waals surface area contributed by atoms with Crippen LogP contribution in [0.5, 0.6) is 0 Å². The van der Waals surface area contributed by atoms with E-state index in [2.05, 4.69) is 0 Å². The summed E-state index contributed by atoms with van der Waals surface area (Å²) in [5.74, 6) is -0.504. The molecule has 0 saturated carbocycles. The highest BCUT2D eigenvalue weighted by molar-refractivity contribution is 7.87. The molecule has 3 rings (SSSR count). The first kappa shape index (κ1) is 13.3. The van der Waals surface area contributed by atoms with Crippen LogP contribution < -0.4 is 5.14 Å². The molecule has 0 aliphatic carbocycles. The van der Waals surface area contributed by atoms with Crippen molar-refractivity contribution in [1.29, 1.82) is 0 Å². The van der Waals surface area contributed by atoms with Crippen molar-refractivity contribution in [2.45, 2.75) is 12.4 Å². The van der Waals surface area contributed by atoms with Gasteiger partial charge >= 0.3 is 10.2 Å². The quantitative estimate of drug-likeness (QED) is 0.816. The second kappa shape index (κ2) is 4.38. The summed E-state index contributed by atoms with van der Waals surface area (Å²) in [4.78, 5) is 0. The highest BCUT2D eigenvalue weighted by Crippen LogP contribution is 2.43. The lowest BCUT2D eigenvalue weighted by atomic mass is 10.0. The van der Waals surface area contributed by atoms with Crippen LogP contribution in [0.15, 0.2) is 36.5 Å². The molecule has 0 spiro atoms. The number of hydrogen-bond acceptors (Lipinski definition) is 4. The average Bonchev–Trinajstić information content (AvgIpc) is 2.91. The Bertz CT molecular complexity index is 772. The zero-order valence-electron chi connectivity index (χ0n) is 10.1. The van der Waals surface area contributed by atoms with Crippen LogP contribution in [0.3, 0.4) is 0 Å². The van der Waals surface area contributed by atoms with Crippen molar-refractivity contribution < 1.29 is 22.7 Å². The number of ether oxygens (including phenoxy) is 1. The maximum absolute atomic E-state index is 13.8. The SMILES string of the molecule is NS(=O)(=O)n1ccc(-c2ccccc2F)c1C1OC1O. The summed E-state index contributed by atoms with van der Waals surface area (Å²) in [6.45, 7) is 0. The molecule has 1 saturated heterocycles. The van der Waals surface area contributed by atoms with E-state index in [1.807, 2.05) is 0 Å². The highest BCUT2D eigenvalue weighted by atomic mass is 32.2.